The Morgan fingerprint density at radius 2 is 2.23 bits per heavy atom. The van der Waals surface area contributed by atoms with Gasteiger partial charge in [-0.2, -0.15) is 4.98 Å². The summed E-state index contributed by atoms with van der Waals surface area (Å²) in [6.07, 6.45) is 6.04. The molecule has 26 heavy (non-hydrogen) atoms. The number of halogens is 2. The third-order valence-corrected chi connectivity index (χ3v) is 5.43. The van der Waals surface area contributed by atoms with E-state index in [4.69, 9.17) is 21.3 Å². The first-order chi connectivity index (χ1) is 12.5. The maximum Gasteiger partial charge on any atom is 0.224 e. The van der Waals surface area contributed by atoms with Crippen LogP contribution in [0.5, 0.6) is 0 Å². The van der Waals surface area contributed by atoms with Gasteiger partial charge in [-0.1, -0.05) is 13.0 Å². The third kappa shape index (κ3) is 4.02. The number of aromatic nitrogens is 2. The molecule has 2 aliphatic rings. The maximum atomic E-state index is 6.25. The highest BCUT2D eigenvalue weighted by Crippen LogP contribution is 2.39. The van der Waals surface area contributed by atoms with Crippen molar-refractivity contribution in [3.63, 3.8) is 0 Å². The largest absolute Gasteiger partial charge is 0.380 e. The van der Waals surface area contributed by atoms with Gasteiger partial charge in [-0.15, -0.1) is 0 Å². The molecule has 0 bridgehead atoms. The normalized spacial score (nSPS) is 22.2. The minimum absolute atomic E-state index is 0. The van der Waals surface area contributed by atoms with Gasteiger partial charge in [0.2, 0.25) is 5.28 Å². The van der Waals surface area contributed by atoms with Gasteiger partial charge in [0.25, 0.3) is 0 Å². The molecule has 1 saturated heterocycles. The Labute approximate surface area is 169 Å². The summed E-state index contributed by atoms with van der Waals surface area (Å²) in [4.78, 5) is 16.2. The van der Waals surface area contributed by atoms with E-state index in [-0.39, 0.29) is 12.8 Å². The van der Waals surface area contributed by atoms with Crippen LogP contribution >= 0.6 is 27.5 Å². The maximum absolute atomic E-state index is 6.25. The lowest BCUT2D eigenvalue weighted by molar-refractivity contribution is 0.152. The number of hydrogen-bond acceptors (Lipinski definition) is 5. The standard InChI is InChI=1S/C19H24BrClN4O.H2/c1-4-12(3)22-17-13(5-2)16-15(11-14(17)20)23-19(21)24-18(16)25-7-6-9-26-10-8-25;/h5,11-12H,4,6-10H2,1-3H3;1H/b13-5-,22-17?;. The molecule has 142 valence electrons. The van der Waals surface area contributed by atoms with Crippen molar-refractivity contribution in [1.82, 2.24) is 9.97 Å². The Morgan fingerprint density at radius 1 is 1.42 bits per heavy atom. The lowest BCUT2D eigenvalue weighted by atomic mass is 9.93. The first kappa shape index (κ1) is 19.5. The second kappa shape index (κ2) is 8.63. The van der Waals surface area contributed by atoms with Gasteiger partial charge in [-0.05, 0) is 60.3 Å². The van der Waals surface area contributed by atoms with Crippen molar-refractivity contribution in [3.8, 4) is 0 Å². The summed E-state index contributed by atoms with van der Waals surface area (Å²) < 4.78 is 6.53. The SMILES string of the molecule is C/C=C1\C(=NC(C)CC)C(Br)=Cc2nc(Cl)nc(N3CCCOCC3)c21.[HH]. The Morgan fingerprint density at radius 3 is 2.96 bits per heavy atom. The van der Waals surface area contributed by atoms with Crippen LogP contribution in [0.25, 0.3) is 11.6 Å². The molecule has 7 heteroatoms. The van der Waals surface area contributed by atoms with Gasteiger partial charge >= 0.3 is 0 Å². The van der Waals surface area contributed by atoms with Crippen molar-refractivity contribution in [2.24, 2.45) is 4.99 Å². The summed E-state index contributed by atoms with van der Waals surface area (Å²) in [6, 6.07) is 0.241. The zero-order chi connectivity index (χ0) is 18.7. The van der Waals surface area contributed by atoms with Gasteiger partial charge < -0.3 is 9.64 Å². The number of hydrogen-bond donors (Lipinski definition) is 0. The van der Waals surface area contributed by atoms with Crippen LogP contribution in [-0.4, -0.2) is 48.0 Å². The van der Waals surface area contributed by atoms with Crippen LogP contribution < -0.4 is 4.90 Å². The third-order valence-electron chi connectivity index (χ3n) is 4.66. The lowest BCUT2D eigenvalue weighted by Gasteiger charge is -2.28. The Balaban J connectivity index is 0.00000261. The minimum Gasteiger partial charge on any atom is -0.380 e. The Hall–Kier alpha value is -1.24. The van der Waals surface area contributed by atoms with Crippen LogP contribution in [0.2, 0.25) is 5.28 Å². The fourth-order valence-corrected chi connectivity index (χ4v) is 3.85. The van der Waals surface area contributed by atoms with Crippen LogP contribution in [0, 0.1) is 0 Å². The van der Waals surface area contributed by atoms with Crippen LogP contribution in [-0.2, 0) is 4.74 Å². The molecule has 0 N–H and O–H groups in total. The van der Waals surface area contributed by atoms with E-state index < -0.39 is 0 Å². The molecule has 2 heterocycles. The van der Waals surface area contributed by atoms with Crippen molar-refractivity contribution in [1.29, 1.82) is 0 Å². The molecule has 0 amide bonds. The first-order valence-electron chi connectivity index (χ1n) is 9.07. The fourth-order valence-electron chi connectivity index (χ4n) is 3.15. The molecule has 3 rings (SSSR count). The van der Waals surface area contributed by atoms with Gasteiger partial charge in [0, 0.05) is 37.2 Å². The molecule has 0 spiro atoms. The number of aliphatic imine (C=N–C) groups is 1. The van der Waals surface area contributed by atoms with E-state index in [0.29, 0.717) is 6.61 Å². The summed E-state index contributed by atoms with van der Waals surface area (Å²) in [5.41, 5.74) is 3.83. The van der Waals surface area contributed by atoms with Crippen LogP contribution in [0.1, 0.15) is 46.3 Å². The summed E-state index contributed by atoms with van der Waals surface area (Å²) in [5, 5.41) is 0.262. The molecule has 1 unspecified atom stereocenters. The smallest absolute Gasteiger partial charge is 0.224 e. The van der Waals surface area contributed by atoms with Crippen molar-refractivity contribution in [2.75, 3.05) is 31.2 Å². The van der Waals surface area contributed by atoms with Crippen molar-refractivity contribution in [3.05, 3.63) is 27.1 Å². The van der Waals surface area contributed by atoms with E-state index in [9.17, 15) is 0 Å². The van der Waals surface area contributed by atoms with Gasteiger partial charge in [0.1, 0.15) is 5.82 Å². The number of anilines is 1. The summed E-state index contributed by atoms with van der Waals surface area (Å²) >= 11 is 9.92. The molecule has 5 nitrogen and oxygen atoms in total. The van der Waals surface area contributed by atoms with Gasteiger partial charge in [-0.25, -0.2) is 4.98 Å². The minimum atomic E-state index is 0. The van der Waals surface area contributed by atoms with Gasteiger partial charge in [0.15, 0.2) is 0 Å². The number of nitrogens with zero attached hydrogens (tertiary/aromatic N) is 4. The number of rotatable bonds is 3. The number of fused-ring (bicyclic) bond motifs is 1. The molecular weight excluding hydrogens is 416 g/mol. The predicted molar refractivity (Wildman–Crippen MR) is 115 cm³/mol. The number of allylic oxidation sites excluding steroid dienone is 3. The quantitative estimate of drug-likeness (QED) is 0.620. The van der Waals surface area contributed by atoms with E-state index in [1.54, 1.807) is 0 Å². The van der Waals surface area contributed by atoms with Crippen molar-refractivity contribution >= 4 is 50.7 Å². The van der Waals surface area contributed by atoms with Crippen molar-refractivity contribution < 1.29 is 6.16 Å². The van der Waals surface area contributed by atoms with Crippen LogP contribution in [0.3, 0.4) is 0 Å². The molecule has 1 aromatic rings. The Bertz CT molecular complexity index is 773. The van der Waals surface area contributed by atoms with E-state index in [1.807, 2.05) is 13.0 Å². The molecule has 0 aromatic carbocycles. The predicted octanol–water partition coefficient (Wildman–Crippen LogP) is 4.99. The molecule has 0 radical (unpaired) electrons. The highest BCUT2D eigenvalue weighted by atomic mass is 79.9. The van der Waals surface area contributed by atoms with E-state index in [0.717, 1.165) is 65.4 Å². The summed E-state index contributed by atoms with van der Waals surface area (Å²) in [5.74, 6) is 0.867. The molecule has 1 fully saturated rings. The molecule has 1 aliphatic heterocycles. The van der Waals surface area contributed by atoms with Crippen LogP contribution in [0.15, 0.2) is 15.6 Å². The van der Waals surface area contributed by atoms with E-state index in [2.05, 4.69) is 50.7 Å². The topological polar surface area (TPSA) is 50.6 Å². The number of ether oxygens (including phenoxy) is 1. The summed E-state index contributed by atoms with van der Waals surface area (Å²) in [6.45, 7) is 9.44. The van der Waals surface area contributed by atoms with Crippen LogP contribution in [0.4, 0.5) is 5.82 Å². The summed E-state index contributed by atoms with van der Waals surface area (Å²) in [7, 11) is 0. The molecule has 1 aliphatic carbocycles. The fraction of sp³-hybridized carbons (Fsp3) is 0.526. The van der Waals surface area contributed by atoms with Crippen molar-refractivity contribution in [2.45, 2.75) is 39.7 Å². The average Bonchev–Trinajstić information content (AvgIpc) is 2.91. The highest BCUT2D eigenvalue weighted by Gasteiger charge is 2.28. The zero-order valence-electron chi connectivity index (χ0n) is 15.4. The average molecular weight is 442 g/mol. The van der Waals surface area contributed by atoms with Gasteiger partial charge in [-0.3, -0.25) is 4.99 Å². The molecular formula is C19H26BrClN4O. The monoisotopic (exact) mass is 440 g/mol. The van der Waals surface area contributed by atoms with E-state index in [1.165, 1.54) is 0 Å². The lowest BCUT2D eigenvalue weighted by Crippen LogP contribution is -2.29. The molecule has 0 saturated carbocycles. The molecule has 1 aromatic heterocycles. The zero-order valence-corrected chi connectivity index (χ0v) is 17.8. The van der Waals surface area contributed by atoms with Gasteiger partial charge in [0.05, 0.1) is 23.6 Å². The van der Waals surface area contributed by atoms with E-state index >= 15 is 0 Å². The Kier molecular flexibility index (Phi) is 6.48. The first-order valence-corrected chi connectivity index (χ1v) is 10.2. The highest BCUT2D eigenvalue weighted by molar-refractivity contribution is 9.12. The second-order valence-corrected chi connectivity index (χ2v) is 7.65. The molecule has 1 atom stereocenters. The second-order valence-electron chi connectivity index (χ2n) is 6.46.